The Kier molecular flexibility index (Phi) is 3.46. The third-order valence-corrected chi connectivity index (χ3v) is 4.04. The van der Waals surface area contributed by atoms with Crippen LogP contribution in [0.25, 0.3) is 0 Å². The zero-order valence-corrected chi connectivity index (χ0v) is 11.2. The lowest BCUT2D eigenvalue weighted by atomic mass is 9.77. The lowest BCUT2D eigenvalue weighted by Gasteiger charge is -2.42. The van der Waals surface area contributed by atoms with Crippen LogP contribution >= 0.6 is 0 Å². The van der Waals surface area contributed by atoms with Gasteiger partial charge in [0.05, 0.1) is 12.5 Å². The van der Waals surface area contributed by atoms with Gasteiger partial charge in [-0.2, -0.15) is 18.3 Å². The standard InChI is InChI=1S/C10H15F3N6O2/c1-5(10(11,12)13)9(7(14)20)6-4-18(8(15)21)2-3-19(6)17-16-9/h5-6H,2-4H2,1H3,(H2,14,20)(H2,15,21)/t5-,6?,9?/m1/s1. The van der Waals surface area contributed by atoms with Gasteiger partial charge in [-0.15, -0.1) is 0 Å². The van der Waals surface area contributed by atoms with E-state index < -0.39 is 35.6 Å². The second-order valence-corrected chi connectivity index (χ2v) is 5.11. The van der Waals surface area contributed by atoms with Crippen LogP contribution in [0.1, 0.15) is 6.92 Å². The van der Waals surface area contributed by atoms with E-state index in [1.807, 2.05) is 0 Å². The number of rotatable bonds is 2. The minimum absolute atomic E-state index is 0.136. The molecule has 0 spiro atoms. The topological polar surface area (TPSA) is 117 Å². The van der Waals surface area contributed by atoms with Crippen molar-refractivity contribution in [3.05, 3.63) is 0 Å². The quantitative estimate of drug-likeness (QED) is 0.738. The van der Waals surface area contributed by atoms with Crippen molar-refractivity contribution in [1.29, 1.82) is 0 Å². The third-order valence-electron chi connectivity index (χ3n) is 4.04. The first kappa shape index (κ1) is 15.3. The summed E-state index contributed by atoms with van der Waals surface area (Å²) < 4.78 is 39.3. The molecule has 0 aromatic heterocycles. The van der Waals surface area contributed by atoms with Crippen molar-refractivity contribution in [1.82, 2.24) is 9.91 Å². The van der Waals surface area contributed by atoms with Crippen molar-refractivity contribution in [2.45, 2.75) is 24.7 Å². The van der Waals surface area contributed by atoms with E-state index in [4.69, 9.17) is 11.5 Å². The van der Waals surface area contributed by atoms with Gasteiger partial charge in [0.15, 0.2) is 5.54 Å². The fourth-order valence-corrected chi connectivity index (χ4v) is 2.70. The van der Waals surface area contributed by atoms with Crippen molar-refractivity contribution >= 4 is 11.9 Å². The summed E-state index contributed by atoms with van der Waals surface area (Å²) in [7, 11) is 0. The average molecular weight is 308 g/mol. The number of nitrogens with zero attached hydrogens (tertiary/aromatic N) is 4. The van der Waals surface area contributed by atoms with Crippen LogP contribution in [-0.2, 0) is 4.79 Å². The van der Waals surface area contributed by atoms with Gasteiger partial charge in [-0.1, -0.05) is 12.1 Å². The van der Waals surface area contributed by atoms with Crippen molar-refractivity contribution < 1.29 is 22.8 Å². The number of hydrogen-bond acceptors (Lipinski definition) is 5. The van der Waals surface area contributed by atoms with Gasteiger partial charge in [-0.3, -0.25) is 9.80 Å². The highest BCUT2D eigenvalue weighted by Crippen LogP contribution is 2.44. The highest BCUT2D eigenvalue weighted by Gasteiger charge is 2.64. The van der Waals surface area contributed by atoms with E-state index in [0.717, 1.165) is 11.8 Å². The van der Waals surface area contributed by atoms with E-state index in [1.165, 1.54) is 5.01 Å². The molecule has 118 valence electrons. The lowest BCUT2D eigenvalue weighted by Crippen LogP contribution is -2.67. The smallest absolute Gasteiger partial charge is 0.367 e. The Morgan fingerprint density at radius 1 is 1.33 bits per heavy atom. The molecule has 4 N–H and O–H groups in total. The van der Waals surface area contributed by atoms with Gasteiger partial charge >= 0.3 is 12.2 Å². The van der Waals surface area contributed by atoms with Gasteiger partial charge in [0.1, 0.15) is 6.04 Å². The van der Waals surface area contributed by atoms with Gasteiger partial charge in [0.2, 0.25) is 5.91 Å². The Morgan fingerprint density at radius 2 is 1.95 bits per heavy atom. The SMILES string of the molecule is C[C@@H](C(F)(F)F)C1(C(N)=O)N=NN2CCN(C(N)=O)CC21. The average Bonchev–Trinajstić information content (AvgIpc) is 2.76. The van der Waals surface area contributed by atoms with Gasteiger partial charge in [0.25, 0.3) is 0 Å². The molecule has 0 aromatic rings. The van der Waals surface area contributed by atoms with Gasteiger partial charge in [-0.05, 0) is 0 Å². The number of fused-ring (bicyclic) bond motifs is 1. The number of primary amides is 2. The summed E-state index contributed by atoms with van der Waals surface area (Å²) in [5, 5.41) is 8.45. The predicted molar refractivity (Wildman–Crippen MR) is 63.7 cm³/mol. The summed E-state index contributed by atoms with van der Waals surface area (Å²) in [6, 6.07) is -1.85. The van der Waals surface area contributed by atoms with Crippen molar-refractivity contribution in [2.24, 2.45) is 27.7 Å². The monoisotopic (exact) mass is 308 g/mol. The zero-order valence-electron chi connectivity index (χ0n) is 11.2. The Morgan fingerprint density at radius 3 is 2.43 bits per heavy atom. The van der Waals surface area contributed by atoms with Crippen LogP contribution in [0.4, 0.5) is 18.0 Å². The molecule has 0 bridgehead atoms. The van der Waals surface area contributed by atoms with Crippen molar-refractivity contribution in [3.8, 4) is 0 Å². The fourth-order valence-electron chi connectivity index (χ4n) is 2.70. The van der Waals surface area contributed by atoms with E-state index in [9.17, 15) is 22.8 Å². The number of piperazine rings is 1. The molecule has 1 fully saturated rings. The highest BCUT2D eigenvalue weighted by atomic mass is 19.4. The van der Waals surface area contributed by atoms with Crippen LogP contribution < -0.4 is 11.5 Å². The molecular formula is C10H15F3N6O2. The molecule has 2 rings (SSSR count). The maximum Gasteiger partial charge on any atom is 0.394 e. The number of halogens is 3. The van der Waals surface area contributed by atoms with Crippen LogP contribution in [0.2, 0.25) is 0 Å². The van der Waals surface area contributed by atoms with Crippen LogP contribution in [0, 0.1) is 5.92 Å². The first-order valence-electron chi connectivity index (χ1n) is 6.21. The van der Waals surface area contributed by atoms with Gasteiger partial charge < -0.3 is 16.4 Å². The van der Waals surface area contributed by atoms with Crippen LogP contribution in [0.5, 0.6) is 0 Å². The molecule has 0 radical (unpaired) electrons. The summed E-state index contributed by atoms with van der Waals surface area (Å²) in [6.07, 6.45) is -4.68. The maximum absolute atomic E-state index is 13.1. The summed E-state index contributed by atoms with van der Waals surface area (Å²) in [5.74, 6) is -3.36. The minimum Gasteiger partial charge on any atom is -0.367 e. The molecule has 3 atom stereocenters. The normalized spacial score (nSPS) is 30.2. The number of nitrogens with two attached hydrogens (primary N) is 2. The minimum atomic E-state index is -4.68. The number of carbonyl (C=O) groups excluding carboxylic acids is 2. The molecule has 3 amide bonds. The van der Waals surface area contributed by atoms with Crippen LogP contribution in [-0.4, -0.2) is 59.2 Å². The number of alkyl halides is 3. The molecule has 2 unspecified atom stereocenters. The second kappa shape index (κ2) is 4.74. The molecular weight excluding hydrogens is 293 g/mol. The fraction of sp³-hybridized carbons (Fsp3) is 0.800. The Labute approximate surface area is 117 Å². The van der Waals surface area contributed by atoms with Crippen LogP contribution in [0.3, 0.4) is 0 Å². The first-order valence-corrected chi connectivity index (χ1v) is 6.21. The highest BCUT2D eigenvalue weighted by molar-refractivity contribution is 5.87. The van der Waals surface area contributed by atoms with Crippen molar-refractivity contribution in [3.63, 3.8) is 0 Å². The third kappa shape index (κ3) is 2.25. The largest absolute Gasteiger partial charge is 0.394 e. The van der Waals surface area contributed by atoms with E-state index >= 15 is 0 Å². The Hall–Kier alpha value is -2.07. The molecule has 21 heavy (non-hydrogen) atoms. The molecule has 2 heterocycles. The molecule has 2 aliphatic rings. The Bertz CT molecular complexity index is 496. The maximum atomic E-state index is 13.1. The van der Waals surface area contributed by atoms with E-state index in [1.54, 1.807) is 0 Å². The van der Waals surface area contributed by atoms with E-state index in [-0.39, 0.29) is 19.6 Å². The van der Waals surface area contributed by atoms with Crippen LogP contribution in [0.15, 0.2) is 10.3 Å². The summed E-state index contributed by atoms with van der Waals surface area (Å²) in [4.78, 5) is 24.1. The molecule has 2 aliphatic heterocycles. The van der Waals surface area contributed by atoms with E-state index in [2.05, 4.69) is 10.3 Å². The number of amides is 3. The molecule has 0 saturated carbocycles. The summed E-state index contributed by atoms with van der Waals surface area (Å²) >= 11 is 0. The summed E-state index contributed by atoms with van der Waals surface area (Å²) in [6.45, 7) is 0.971. The molecule has 1 saturated heterocycles. The number of hydrogen-bond donors (Lipinski definition) is 2. The number of urea groups is 1. The zero-order chi connectivity index (χ0) is 16.0. The second-order valence-electron chi connectivity index (χ2n) is 5.11. The summed E-state index contributed by atoms with van der Waals surface area (Å²) in [5.41, 5.74) is 8.09. The Balaban J connectivity index is 2.40. The van der Waals surface area contributed by atoms with Gasteiger partial charge in [-0.25, -0.2) is 4.79 Å². The number of carbonyl (C=O) groups is 2. The molecule has 11 heteroatoms. The molecule has 0 aliphatic carbocycles. The lowest BCUT2D eigenvalue weighted by molar-refractivity contribution is -0.193. The van der Waals surface area contributed by atoms with E-state index in [0.29, 0.717) is 0 Å². The molecule has 0 aromatic carbocycles. The predicted octanol–water partition coefficient (Wildman–Crippen LogP) is -0.145. The molecule has 8 nitrogen and oxygen atoms in total. The van der Waals surface area contributed by atoms with Gasteiger partial charge in [0, 0.05) is 13.1 Å². The van der Waals surface area contributed by atoms with Crippen molar-refractivity contribution in [2.75, 3.05) is 19.6 Å². The first-order chi connectivity index (χ1) is 9.60.